The second-order valence-corrected chi connectivity index (χ2v) is 8.60. The highest BCUT2D eigenvalue weighted by Crippen LogP contribution is 2.32. The molecule has 0 heterocycles. The van der Waals surface area contributed by atoms with Crippen molar-refractivity contribution in [3.63, 3.8) is 0 Å². The number of hydrogen-bond donors (Lipinski definition) is 3. The van der Waals surface area contributed by atoms with Gasteiger partial charge in [-0.2, -0.15) is 0 Å². The van der Waals surface area contributed by atoms with E-state index >= 15 is 0 Å². The van der Waals surface area contributed by atoms with E-state index in [4.69, 9.17) is 10.5 Å². The Kier molecular flexibility index (Phi) is 9.54. The van der Waals surface area contributed by atoms with Crippen LogP contribution < -0.4 is 21.3 Å². The Bertz CT molecular complexity index is 1200. The maximum absolute atomic E-state index is 13.2. The highest BCUT2D eigenvalue weighted by molar-refractivity contribution is 7.91. The predicted molar refractivity (Wildman–Crippen MR) is 126 cm³/mol. The lowest BCUT2D eigenvalue weighted by molar-refractivity contribution is 0.176. The van der Waals surface area contributed by atoms with Crippen LogP contribution in [0.1, 0.15) is 0 Å². The van der Waals surface area contributed by atoms with Gasteiger partial charge in [-0.3, -0.25) is 10.2 Å². The van der Waals surface area contributed by atoms with Crippen LogP contribution >= 0.6 is 0 Å². The summed E-state index contributed by atoms with van der Waals surface area (Å²) in [6.45, 7) is 0.0326. The SMILES string of the molecule is COCCN(C(N)=O)c1cc(S(=O)(=O)c2ccccc2)ccc1NC(=NC(=O)OC)NC(=O)OC. The number of amides is 4. The molecule has 0 saturated carbocycles. The minimum Gasteiger partial charge on any atom is -0.453 e. The number of alkyl carbamates (subject to hydrolysis) is 1. The zero-order valence-corrected chi connectivity index (χ0v) is 20.0. The maximum Gasteiger partial charge on any atom is 0.436 e. The van der Waals surface area contributed by atoms with Gasteiger partial charge < -0.3 is 25.3 Å². The van der Waals surface area contributed by atoms with Gasteiger partial charge in [0.1, 0.15) is 0 Å². The number of hydrogen-bond acceptors (Lipinski definition) is 8. The number of nitrogens with zero attached hydrogens (tertiary/aromatic N) is 2. The summed E-state index contributed by atoms with van der Waals surface area (Å²) >= 11 is 0. The highest BCUT2D eigenvalue weighted by Gasteiger charge is 2.24. The first kappa shape index (κ1) is 27.1. The Morgan fingerprint density at radius 1 is 1.00 bits per heavy atom. The number of aliphatic imine (C=N–C) groups is 1. The van der Waals surface area contributed by atoms with Crippen molar-refractivity contribution in [1.29, 1.82) is 0 Å². The summed E-state index contributed by atoms with van der Waals surface area (Å²) in [5, 5.41) is 4.85. The lowest BCUT2D eigenvalue weighted by Crippen LogP contribution is -2.40. The summed E-state index contributed by atoms with van der Waals surface area (Å²) in [6, 6.07) is 10.6. The lowest BCUT2D eigenvalue weighted by Gasteiger charge is -2.24. The van der Waals surface area contributed by atoms with Gasteiger partial charge in [0.2, 0.25) is 15.8 Å². The molecule has 0 bridgehead atoms. The average Bonchev–Trinajstić information content (AvgIpc) is 2.85. The van der Waals surface area contributed by atoms with Crippen LogP contribution in [0, 0.1) is 0 Å². The number of anilines is 2. The van der Waals surface area contributed by atoms with Gasteiger partial charge in [0, 0.05) is 7.11 Å². The van der Waals surface area contributed by atoms with Crippen LogP contribution in [-0.4, -0.2) is 67.1 Å². The second kappa shape index (κ2) is 12.3. The summed E-state index contributed by atoms with van der Waals surface area (Å²) < 4.78 is 40.3. The zero-order chi connectivity index (χ0) is 26.0. The van der Waals surface area contributed by atoms with Gasteiger partial charge in [-0.25, -0.2) is 22.8 Å². The molecule has 0 fully saturated rings. The lowest BCUT2D eigenvalue weighted by atomic mass is 10.2. The van der Waals surface area contributed by atoms with Crippen molar-refractivity contribution in [3.8, 4) is 0 Å². The Hall–Kier alpha value is -4.17. The van der Waals surface area contributed by atoms with Crippen LogP contribution in [0.2, 0.25) is 0 Å². The number of nitrogens with two attached hydrogens (primary N) is 1. The number of methoxy groups -OCH3 is 3. The molecule has 0 aliphatic heterocycles. The number of primary amides is 1. The highest BCUT2D eigenvalue weighted by atomic mass is 32.2. The molecule has 0 spiro atoms. The zero-order valence-electron chi connectivity index (χ0n) is 19.2. The average molecular weight is 508 g/mol. The fourth-order valence-corrected chi connectivity index (χ4v) is 4.08. The van der Waals surface area contributed by atoms with Crippen molar-refractivity contribution in [2.45, 2.75) is 9.79 Å². The minimum absolute atomic E-state index is 0.00999. The molecule has 188 valence electrons. The number of carbonyl (C=O) groups is 3. The molecule has 0 aliphatic carbocycles. The van der Waals surface area contributed by atoms with Crippen molar-refractivity contribution >= 4 is 45.4 Å². The van der Waals surface area contributed by atoms with Crippen molar-refractivity contribution in [3.05, 3.63) is 48.5 Å². The minimum atomic E-state index is -3.96. The van der Waals surface area contributed by atoms with E-state index in [1.165, 1.54) is 37.4 Å². The largest absolute Gasteiger partial charge is 0.453 e. The normalized spacial score (nSPS) is 11.3. The smallest absolute Gasteiger partial charge is 0.436 e. The van der Waals surface area contributed by atoms with Gasteiger partial charge in [0.15, 0.2) is 0 Å². The molecular formula is C21H25N5O8S. The summed E-state index contributed by atoms with van der Waals surface area (Å²) in [5.74, 6) is -0.417. The monoisotopic (exact) mass is 507 g/mol. The van der Waals surface area contributed by atoms with E-state index in [-0.39, 0.29) is 34.3 Å². The third-order valence-corrected chi connectivity index (χ3v) is 6.21. The number of benzene rings is 2. The second-order valence-electron chi connectivity index (χ2n) is 6.65. The van der Waals surface area contributed by atoms with Gasteiger partial charge in [0.25, 0.3) is 0 Å². The quantitative estimate of drug-likeness (QED) is 0.373. The van der Waals surface area contributed by atoms with Crippen LogP contribution in [0.25, 0.3) is 0 Å². The molecule has 0 radical (unpaired) electrons. The Balaban J connectivity index is 2.65. The summed E-state index contributed by atoms with van der Waals surface area (Å²) in [5.41, 5.74) is 5.63. The topological polar surface area (TPSA) is 179 Å². The van der Waals surface area contributed by atoms with E-state index in [2.05, 4.69) is 25.1 Å². The standard InChI is InChI=1S/C21H25N5O8S/c1-32-12-11-26(18(22)27)17-13-15(35(30,31)14-7-5-4-6-8-14)9-10-16(17)23-19(24-20(28)33-2)25-21(29)34-3/h4-10,13H,11-12H2,1-3H3,(H2,22,27)(H2,23,24,25,28,29). The molecule has 0 unspecified atom stereocenters. The van der Waals surface area contributed by atoms with Gasteiger partial charge in [-0.05, 0) is 30.3 Å². The molecule has 2 aromatic carbocycles. The van der Waals surface area contributed by atoms with E-state index in [0.717, 1.165) is 19.1 Å². The van der Waals surface area contributed by atoms with E-state index in [0.29, 0.717) is 0 Å². The molecule has 2 aromatic rings. The van der Waals surface area contributed by atoms with Gasteiger partial charge in [-0.1, -0.05) is 18.2 Å². The van der Waals surface area contributed by atoms with Crippen molar-refractivity contribution in [2.75, 3.05) is 44.7 Å². The van der Waals surface area contributed by atoms with Crippen LogP contribution in [-0.2, 0) is 24.0 Å². The van der Waals surface area contributed by atoms with E-state index in [9.17, 15) is 22.8 Å². The van der Waals surface area contributed by atoms with Crippen LogP contribution in [0.5, 0.6) is 0 Å². The number of ether oxygens (including phenoxy) is 3. The van der Waals surface area contributed by atoms with Gasteiger partial charge >= 0.3 is 18.2 Å². The Morgan fingerprint density at radius 3 is 2.26 bits per heavy atom. The number of guanidine groups is 1. The fourth-order valence-electron chi connectivity index (χ4n) is 2.77. The molecule has 14 heteroatoms. The molecule has 35 heavy (non-hydrogen) atoms. The summed E-state index contributed by atoms with van der Waals surface area (Å²) in [6.07, 6.45) is -2.02. The molecule has 4 N–H and O–H groups in total. The molecule has 0 aromatic heterocycles. The predicted octanol–water partition coefficient (Wildman–Crippen LogP) is 1.94. The summed E-state index contributed by atoms with van der Waals surface area (Å²) in [4.78, 5) is 40.1. The molecule has 0 aliphatic rings. The maximum atomic E-state index is 13.2. The van der Waals surface area contributed by atoms with Crippen molar-refractivity contribution in [2.24, 2.45) is 10.7 Å². The van der Waals surface area contributed by atoms with E-state index in [1.54, 1.807) is 18.2 Å². The first-order valence-corrected chi connectivity index (χ1v) is 11.4. The first-order valence-electron chi connectivity index (χ1n) is 9.92. The molecule has 2 rings (SSSR count). The third-order valence-electron chi connectivity index (χ3n) is 4.45. The number of sulfone groups is 1. The van der Waals surface area contributed by atoms with Crippen molar-refractivity contribution in [1.82, 2.24) is 5.32 Å². The van der Waals surface area contributed by atoms with Crippen LogP contribution in [0.4, 0.5) is 25.8 Å². The van der Waals surface area contributed by atoms with Crippen LogP contribution in [0.15, 0.2) is 63.3 Å². The number of rotatable bonds is 7. The van der Waals surface area contributed by atoms with Crippen molar-refractivity contribution < 1.29 is 37.0 Å². The van der Waals surface area contributed by atoms with Gasteiger partial charge in [-0.15, -0.1) is 4.99 Å². The molecule has 13 nitrogen and oxygen atoms in total. The van der Waals surface area contributed by atoms with Gasteiger partial charge in [0.05, 0.1) is 48.5 Å². The van der Waals surface area contributed by atoms with E-state index in [1.807, 2.05) is 0 Å². The molecule has 0 saturated heterocycles. The molecule has 4 amide bonds. The fraction of sp³-hybridized carbons (Fsp3) is 0.238. The number of carbonyl (C=O) groups excluding carboxylic acids is 3. The number of urea groups is 1. The summed E-state index contributed by atoms with van der Waals surface area (Å²) in [7, 11) is -0.376. The first-order chi connectivity index (χ1) is 16.6. The Morgan fingerprint density at radius 2 is 1.69 bits per heavy atom. The van der Waals surface area contributed by atoms with Crippen LogP contribution in [0.3, 0.4) is 0 Å². The van der Waals surface area contributed by atoms with E-state index < -0.39 is 34.0 Å². The molecule has 0 atom stereocenters. The third kappa shape index (κ3) is 7.15. The number of nitrogens with one attached hydrogen (secondary N) is 2. The Labute approximate surface area is 201 Å². The molecular weight excluding hydrogens is 482 g/mol.